The lowest BCUT2D eigenvalue weighted by molar-refractivity contribution is -0.636. The molecule has 0 aromatic heterocycles. The summed E-state index contributed by atoms with van der Waals surface area (Å²) in [5, 5.41) is 2.20. The third-order valence-corrected chi connectivity index (χ3v) is 3.30. The number of hydrogen-bond acceptors (Lipinski definition) is 3. The average Bonchev–Trinajstić information content (AvgIpc) is 3.11. The van der Waals surface area contributed by atoms with Crippen LogP contribution >= 0.6 is 0 Å². The molecule has 1 heterocycles. The van der Waals surface area contributed by atoms with Crippen LogP contribution in [0.1, 0.15) is 24.8 Å². The smallest absolute Gasteiger partial charge is 0.422 e. The summed E-state index contributed by atoms with van der Waals surface area (Å²) in [6.45, 7) is 4.88. The van der Waals surface area contributed by atoms with Gasteiger partial charge in [0.05, 0.1) is 19.7 Å². The number of alkyl halides is 3. The van der Waals surface area contributed by atoms with Crippen molar-refractivity contribution in [3.63, 3.8) is 0 Å². The van der Waals surface area contributed by atoms with Crippen molar-refractivity contribution in [3.8, 4) is 24.3 Å². The van der Waals surface area contributed by atoms with Gasteiger partial charge in [-0.05, 0) is 13.0 Å². The second-order valence-corrected chi connectivity index (χ2v) is 4.81. The van der Waals surface area contributed by atoms with Crippen LogP contribution in [0, 0.1) is 12.8 Å². The SMILES string of the molecule is C#C.C=O.CCOc1c(OCC(F)(F)F)cccc1[C@H]1CC[NH2+]C1. The van der Waals surface area contributed by atoms with Crippen molar-refractivity contribution < 1.29 is 32.8 Å². The fourth-order valence-corrected chi connectivity index (χ4v) is 2.46. The number of rotatable bonds is 5. The Morgan fingerprint density at radius 2 is 1.96 bits per heavy atom. The molecule has 24 heavy (non-hydrogen) atoms. The van der Waals surface area contributed by atoms with Gasteiger partial charge in [0, 0.05) is 17.9 Å². The van der Waals surface area contributed by atoms with Gasteiger partial charge in [0.15, 0.2) is 18.1 Å². The molecule has 0 aliphatic carbocycles. The van der Waals surface area contributed by atoms with Gasteiger partial charge in [0.2, 0.25) is 0 Å². The number of halogens is 3. The number of benzene rings is 1. The van der Waals surface area contributed by atoms with Crippen LogP contribution in [0.2, 0.25) is 0 Å². The number of hydrogen-bond donors (Lipinski definition) is 1. The zero-order valence-corrected chi connectivity index (χ0v) is 13.6. The van der Waals surface area contributed by atoms with Crippen LogP contribution in [0.5, 0.6) is 11.5 Å². The summed E-state index contributed by atoms with van der Waals surface area (Å²) >= 11 is 0. The molecule has 134 valence electrons. The van der Waals surface area contributed by atoms with Crippen LogP contribution in [0.3, 0.4) is 0 Å². The largest absolute Gasteiger partial charge is 0.490 e. The zero-order valence-electron chi connectivity index (χ0n) is 13.6. The van der Waals surface area contributed by atoms with E-state index in [1.807, 2.05) is 19.8 Å². The molecule has 0 unspecified atom stereocenters. The van der Waals surface area contributed by atoms with Gasteiger partial charge in [-0.15, -0.1) is 12.8 Å². The Morgan fingerprint density at radius 1 is 1.29 bits per heavy atom. The Kier molecular flexibility index (Phi) is 10.3. The minimum Gasteiger partial charge on any atom is -0.490 e. The van der Waals surface area contributed by atoms with Crippen LogP contribution < -0.4 is 14.8 Å². The van der Waals surface area contributed by atoms with E-state index in [-0.39, 0.29) is 5.75 Å². The van der Waals surface area contributed by atoms with Gasteiger partial charge in [-0.1, -0.05) is 12.1 Å². The third-order valence-electron chi connectivity index (χ3n) is 3.30. The third kappa shape index (κ3) is 6.92. The zero-order chi connectivity index (χ0) is 18.6. The maximum absolute atomic E-state index is 12.3. The van der Waals surface area contributed by atoms with E-state index in [0.29, 0.717) is 18.3 Å². The normalized spacial score (nSPS) is 16.2. The van der Waals surface area contributed by atoms with Crippen LogP contribution in [0.25, 0.3) is 0 Å². The Morgan fingerprint density at radius 3 is 2.46 bits per heavy atom. The number of carbonyl (C=O) groups excluding carboxylic acids is 1. The first-order chi connectivity index (χ1) is 11.5. The van der Waals surface area contributed by atoms with Crippen molar-refractivity contribution in [2.24, 2.45) is 0 Å². The van der Waals surface area contributed by atoms with E-state index in [1.54, 1.807) is 6.07 Å². The fraction of sp³-hybridized carbons (Fsp3) is 0.471. The van der Waals surface area contributed by atoms with E-state index in [2.05, 4.69) is 18.2 Å². The highest BCUT2D eigenvalue weighted by atomic mass is 19.4. The van der Waals surface area contributed by atoms with Crippen LogP contribution in [0.4, 0.5) is 13.2 Å². The van der Waals surface area contributed by atoms with Crippen LogP contribution in [-0.2, 0) is 4.79 Å². The lowest BCUT2D eigenvalue weighted by Crippen LogP contribution is -2.81. The molecule has 0 radical (unpaired) electrons. The van der Waals surface area contributed by atoms with Crippen LogP contribution in [0.15, 0.2) is 18.2 Å². The maximum Gasteiger partial charge on any atom is 0.422 e. The predicted molar refractivity (Wildman–Crippen MR) is 85.2 cm³/mol. The number of para-hydroxylation sites is 1. The summed E-state index contributed by atoms with van der Waals surface area (Å²) in [6, 6.07) is 5.16. The van der Waals surface area contributed by atoms with Crippen LogP contribution in [-0.4, -0.2) is 39.3 Å². The second kappa shape index (κ2) is 11.4. The molecule has 4 nitrogen and oxygen atoms in total. The Balaban J connectivity index is 0.00000123. The summed E-state index contributed by atoms with van der Waals surface area (Å²) in [6.07, 6.45) is 4.66. The molecular weight excluding hydrogens is 323 g/mol. The molecule has 1 aliphatic heterocycles. The number of nitrogens with two attached hydrogens (primary N) is 1. The molecule has 1 saturated heterocycles. The number of terminal acetylenes is 1. The van der Waals surface area contributed by atoms with Crippen molar-refractivity contribution in [1.82, 2.24) is 0 Å². The molecule has 1 aromatic carbocycles. The van der Waals surface area contributed by atoms with Crippen molar-refractivity contribution in [2.75, 3.05) is 26.3 Å². The first-order valence-electron chi connectivity index (χ1n) is 7.40. The molecule has 0 saturated carbocycles. The van der Waals surface area contributed by atoms with Gasteiger partial charge in [-0.3, -0.25) is 0 Å². The highest BCUT2D eigenvalue weighted by Gasteiger charge is 2.30. The van der Waals surface area contributed by atoms with Gasteiger partial charge in [-0.2, -0.15) is 13.2 Å². The van der Waals surface area contributed by atoms with E-state index in [1.165, 1.54) is 6.07 Å². The second-order valence-electron chi connectivity index (χ2n) is 4.81. The molecule has 0 bridgehead atoms. The highest BCUT2D eigenvalue weighted by molar-refractivity contribution is 5.48. The molecule has 1 atom stereocenters. The fourth-order valence-electron chi connectivity index (χ4n) is 2.46. The molecule has 2 rings (SSSR count). The van der Waals surface area contributed by atoms with Crippen molar-refractivity contribution in [2.45, 2.75) is 25.4 Å². The molecule has 1 fully saturated rings. The summed E-state index contributed by atoms with van der Waals surface area (Å²) in [7, 11) is 0. The van der Waals surface area contributed by atoms with Gasteiger partial charge in [0.1, 0.15) is 6.79 Å². The van der Waals surface area contributed by atoms with E-state index >= 15 is 0 Å². The number of quaternary nitrogens is 1. The van der Waals surface area contributed by atoms with Gasteiger partial charge in [0.25, 0.3) is 0 Å². The number of carbonyl (C=O) groups is 1. The summed E-state index contributed by atoms with van der Waals surface area (Å²) in [5.74, 6) is 0.944. The van der Waals surface area contributed by atoms with Crippen molar-refractivity contribution >= 4 is 6.79 Å². The highest BCUT2D eigenvalue weighted by Crippen LogP contribution is 2.37. The summed E-state index contributed by atoms with van der Waals surface area (Å²) < 4.78 is 47.3. The lowest BCUT2D eigenvalue weighted by atomic mass is 9.97. The van der Waals surface area contributed by atoms with Gasteiger partial charge < -0.3 is 19.6 Å². The molecule has 0 spiro atoms. The monoisotopic (exact) mass is 346 g/mol. The Labute approximate surface area is 140 Å². The minimum absolute atomic E-state index is 0.175. The topological polar surface area (TPSA) is 52.1 Å². The molecule has 1 aromatic rings. The molecule has 7 heteroatoms. The number of ether oxygens (including phenoxy) is 2. The molecular formula is C17H23F3NO3+. The van der Waals surface area contributed by atoms with Gasteiger partial charge in [-0.25, -0.2) is 0 Å². The Hall–Kier alpha value is -2.20. The van der Waals surface area contributed by atoms with E-state index < -0.39 is 12.8 Å². The first-order valence-corrected chi connectivity index (χ1v) is 7.40. The Bertz CT molecular complexity index is 498. The molecule has 1 aliphatic rings. The predicted octanol–water partition coefficient (Wildman–Crippen LogP) is 2.14. The summed E-state index contributed by atoms with van der Waals surface area (Å²) in [5.41, 5.74) is 0.945. The average molecular weight is 346 g/mol. The van der Waals surface area contributed by atoms with E-state index in [0.717, 1.165) is 25.1 Å². The summed E-state index contributed by atoms with van der Waals surface area (Å²) in [4.78, 5) is 8.00. The van der Waals surface area contributed by atoms with Gasteiger partial charge >= 0.3 is 6.18 Å². The minimum atomic E-state index is -4.35. The van der Waals surface area contributed by atoms with Crippen molar-refractivity contribution in [1.29, 1.82) is 0 Å². The molecule has 2 N–H and O–H groups in total. The standard InChI is InChI=1S/C14H18F3NO2.C2H2.CH2O/c1-2-19-13-11(10-6-7-18-8-10)4-3-5-12(13)20-9-14(15,16)17;2*1-2/h3-5,10,18H,2,6-9H2,1H3;1-2H;1H2/p+1/t10-;;/m0../s1. The maximum atomic E-state index is 12.3. The van der Waals surface area contributed by atoms with E-state index in [4.69, 9.17) is 14.3 Å². The quantitative estimate of drug-likeness (QED) is 0.831. The first kappa shape index (κ1) is 21.8. The van der Waals surface area contributed by atoms with Crippen molar-refractivity contribution in [3.05, 3.63) is 23.8 Å². The molecule has 0 amide bonds. The lowest BCUT2D eigenvalue weighted by Gasteiger charge is -2.18. The van der Waals surface area contributed by atoms with E-state index in [9.17, 15) is 13.2 Å².